The quantitative estimate of drug-likeness (QED) is 0.727. The molecule has 0 spiro atoms. The van der Waals surface area contributed by atoms with Crippen LogP contribution in [0.4, 0.5) is 0 Å². The molecule has 4 nitrogen and oxygen atoms in total. The van der Waals surface area contributed by atoms with E-state index in [1.54, 1.807) is 0 Å². The standard InChI is InChI=1S/C8H7ClN2O2/c9-6-3-4(7(10)12)1-2-5(6)8(11)13/h1-3H,(H2,10,12)(H2,11,13). The van der Waals surface area contributed by atoms with E-state index < -0.39 is 11.8 Å². The lowest BCUT2D eigenvalue weighted by atomic mass is 10.1. The van der Waals surface area contributed by atoms with E-state index in [4.69, 9.17) is 23.1 Å². The van der Waals surface area contributed by atoms with Crippen LogP contribution in [0.3, 0.4) is 0 Å². The highest BCUT2D eigenvalue weighted by molar-refractivity contribution is 6.34. The molecule has 5 heteroatoms. The van der Waals surface area contributed by atoms with E-state index in [2.05, 4.69) is 0 Å². The number of nitrogens with two attached hydrogens (primary N) is 2. The molecule has 1 rings (SSSR count). The van der Waals surface area contributed by atoms with Crippen molar-refractivity contribution >= 4 is 23.4 Å². The number of primary amides is 2. The van der Waals surface area contributed by atoms with E-state index in [0.717, 1.165) is 0 Å². The van der Waals surface area contributed by atoms with Gasteiger partial charge in [0.2, 0.25) is 11.8 Å². The molecule has 1 aromatic rings. The van der Waals surface area contributed by atoms with Crippen LogP contribution in [-0.2, 0) is 0 Å². The van der Waals surface area contributed by atoms with Crippen LogP contribution in [0.5, 0.6) is 0 Å². The van der Waals surface area contributed by atoms with Gasteiger partial charge in [0, 0.05) is 5.56 Å². The Bertz CT molecular complexity index is 376. The first-order valence-electron chi connectivity index (χ1n) is 3.41. The Morgan fingerprint density at radius 1 is 1.15 bits per heavy atom. The number of halogens is 1. The minimum Gasteiger partial charge on any atom is -0.366 e. The number of hydrogen-bond donors (Lipinski definition) is 2. The third-order valence-corrected chi connectivity index (χ3v) is 1.83. The van der Waals surface area contributed by atoms with E-state index >= 15 is 0 Å². The molecule has 0 heterocycles. The van der Waals surface area contributed by atoms with Crippen LogP contribution < -0.4 is 11.5 Å². The van der Waals surface area contributed by atoms with Gasteiger partial charge >= 0.3 is 0 Å². The lowest BCUT2D eigenvalue weighted by molar-refractivity contribution is 0.0988. The van der Waals surface area contributed by atoms with Gasteiger partial charge in [0.15, 0.2) is 0 Å². The second-order valence-corrected chi connectivity index (χ2v) is 2.83. The van der Waals surface area contributed by atoms with Crippen LogP contribution in [0.2, 0.25) is 5.02 Å². The highest BCUT2D eigenvalue weighted by Crippen LogP contribution is 2.16. The fourth-order valence-electron chi connectivity index (χ4n) is 0.868. The third kappa shape index (κ3) is 1.97. The number of benzene rings is 1. The minimum absolute atomic E-state index is 0.129. The smallest absolute Gasteiger partial charge is 0.250 e. The molecule has 13 heavy (non-hydrogen) atoms. The van der Waals surface area contributed by atoms with Crippen LogP contribution in [-0.4, -0.2) is 11.8 Å². The molecule has 0 fully saturated rings. The molecule has 4 N–H and O–H groups in total. The first-order chi connectivity index (χ1) is 6.02. The second-order valence-electron chi connectivity index (χ2n) is 2.42. The molecule has 0 saturated heterocycles. The Morgan fingerprint density at radius 2 is 1.77 bits per heavy atom. The van der Waals surface area contributed by atoms with E-state index in [0.29, 0.717) is 0 Å². The highest BCUT2D eigenvalue weighted by Gasteiger charge is 2.08. The van der Waals surface area contributed by atoms with Gasteiger partial charge in [0.25, 0.3) is 0 Å². The molecule has 0 aromatic heterocycles. The number of hydrogen-bond acceptors (Lipinski definition) is 2. The maximum Gasteiger partial charge on any atom is 0.250 e. The predicted octanol–water partition coefficient (Wildman–Crippen LogP) is 0.538. The molecular weight excluding hydrogens is 192 g/mol. The Morgan fingerprint density at radius 3 is 2.15 bits per heavy atom. The fourth-order valence-corrected chi connectivity index (χ4v) is 1.14. The monoisotopic (exact) mass is 198 g/mol. The second kappa shape index (κ2) is 3.45. The molecule has 0 bridgehead atoms. The highest BCUT2D eigenvalue weighted by atomic mass is 35.5. The normalized spacial score (nSPS) is 9.62. The molecule has 0 unspecified atom stereocenters. The lowest BCUT2D eigenvalue weighted by Gasteiger charge is -2.00. The number of rotatable bonds is 2. The maximum absolute atomic E-state index is 10.7. The molecule has 0 aliphatic heterocycles. The van der Waals surface area contributed by atoms with Gasteiger partial charge in [-0.05, 0) is 18.2 Å². The van der Waals surface area contributed by atoms with Crippen molar-refractivity contribution in [1.29, 1.82) is 0 Å². The Labute approximate surface area is 79.5 Å². The van der Waals surface area contributed by atoms with Crippen molar-refractivity contribution in [2.24, 2.45) is 11.5 Å². The van der Waals surface area contributed by atoms with Gasteiger partial charge in [-0.1, -0.05) is 11.6 Å². The average Bonchev–Trinajstić information content (AvgIpc) is 2.03. The number of amides is 2. The van der Waals surface area contributed by atoms with E-state index in [1.807, 2.05) is 0 Å². The molecular formula is C8H7ClN2O2. The maximum atomic E-state index is 10.7. The predicted molar refractivity (Wildman–Crippen MR) is 48.5 cm³/mol. The molecule has 2 amide bonds. The van der Waals surface area contributed by atoms with Gasteiger partial charge in [-0.15, -0.1) is 0 Å². The summed E-state index contributed by atoms with van der Waals surface area (Å²) >= 11 is 5.66. The zero-order chi connectivity index (χ0) is 10.0. The summed E-state index contributed by atoms with van der Waals surface area (Å²) in [5.41, 5.74) is 10.4. The van der Waals surface area contributed by atoms with Crippen molar-refractivity contribution in [3.05, 3.63) is 34.3 Å². The molecule has 0 atom stereocenters. The average molecular weight is 199 g/mol. The lowest BCUT2D eigenvalue weighted by Crippen LogP contribution is -2.14. The van der Waals surface area contributed by atoms with Crippen LogP contribution in [0.25, 0.3) is 0 Å². The van der Waals surface area contributed by atoms with Crippen molar-refractivity contribution < 1.29 is 9.59 Å². The summed E-state index contributed by atoms with van der Waals surface area (Å²) in [7, 11) is 0. The fraction of sp³-hybridized carbons (Fsp3) is 0. The molecule has 1 aromatic carbocycles. The minimum atomic E-state index is -0.638. The van der Waals surface area contributed by atoms with E-state index in [1.165, 1.54) is 18.2 Å². The summed E-state index contributed by atoms with van der Waals surface area (Å²) in [6.45, 7) is 0. The Hall–Kier alpha value is -1.55. The van der Waals surface area contributed by atoms with Crippen molar-refractivity contribution in [1.82, 2.24) is 0 Å². The van der Waals surface area contributed by atoms with Crippen LogP contribution in [0, 0.1) is 0 Å². The van der Waals surface area contributed by atoms with Crippen molar-refractivity contribution in [3.63, 3.8) is 0 Å². The van der Waals surface area contributed by atoms with E-state index in [9.17, 15) is 9.59 Å². The van der Waals surface area contributed by atoms with Crippen molar-refractivity contribution in [2.45, 2.75) is 0 Å². The topological polar surface area (TPSA) is 86.2 Å². The van der Waals surface area contributed by atoms with Crippen LogP contribution >= 0.6 is 11.6 Å². The molecule has 0 radical (unpaired) electrons. The third-order valence-electron chi connectivity index (χ3n) is 1.52. The molecule has 0 aliphatic carbocycles. The van der Waals surface area contributed by atoms with Gasteiger partial charge in [-0.25, -0.2) is 0 Å². The first kappa shape index (κ1) is 9.54. The van der Waals surface area contributed by atoms with Gasteiger partial charge in [-0.3, -0.25) is 9.59 Å². The zero-order valence-electron chi connectivity index (χ0n) is 6.58. The summed E-state index contributed by atoms with van der Waals surface area (Å²) in [6.07, 6.45) is 0. The SMILES string of the molecule is NC(=O)c1ccc(C(N)=O)c(Cl)c1. The molecule has 0 saturated carbocycles. The summed E-state index contributed by atoms with van der Waals surface area (Å²) < 4.78 is 0. The van der Waals surface area contributed by atoms with Crippen LogP contribution in [0.15, 0.2) is 18.2 Å². The van der Waals surface area contributed by atoms with Crippen LogP contribution in [0.1, 0.15) is 20.7 Å². The Kier molecular flexibility index (Phi) is 2.53. The van der Waals surface area contributed by atoms with Gasteiger partial charge < -0.3 is 11.5 Å². The first-order valence-corrected chi connectivity index (χ1v) is 3.79. The van der Waals surface area contributed by atoms with Gasteiger partial charge in [0.1, 0.15) is 0 Å². The molecule has 0 aliphatic rings. The van der Waals surface area contributed by atoms with Crippen molar-refractivity contribution in [3.8, 4) is 0 Å². The summed E-state index contributed by atoms with van der Waals surface area (Å²) in [6, 6.07) is 4.07. The van der Waals surface area contributed by atoms with Gasteiger partial charge in [-0.2, -0.15) is 0 Å². The molecule has 68 valence electrons. The largest absolute Gasteiger partial charge is 0.366 e. The van der Waals surface area contributed by atoms with E-state index in [-0.39, 0.29) is 16.1 Å². The van der Waals surface area contributed by atoms with Gasteiger partial charge in [0.05, 0.1) is 10.6 Å². The number of carbonyl (C=O) groups is 2. The zero-order valence-corrected chi connectivity index (χ0v) is 7.34. The summed E-state index contributed by atoms with van der Waals surface area (Å²) in [4.78, 5) is 21.4. The number of carbonyl (C=O) groups excluding carboxylic acids is 2. The van der Waals surface area contributed by atoms with Crippen molar-refractivity contribution in [2.75, 3.05) is 0 Å². The summed E-state index contributed by atoms with van der Waals surface area (Å²) in [5.74, 6) is -1.24. The summed E-state index contributed by atoms with van der Waals surface area (Å²) in [5, 5.41) is 0.129. The Balaban J connectivity index is 3.20.